The van der Waals surface area contributed by atoms with Gasteiger partial charge in [0, 0.05) is 30.1 Å². The first-order valence-electron chi connectivity index (χ1n) is 17.3. The number of hydrogen-bond acceptors (Lipinski definition) is 7. The van der Waals surface area contributed by atoms with Crippen molar-refractivity contribution in [3.63, 3.8) is 0 Å². The van der Waals surface area contributed by atoms with Gasteiger partial charge in [0.15, 0.2) is 0 Å². The van der Waals surface area contributed by atoms with Gasteiger partial charge in [-0.1, -0.05) is 75.7 Å². The number of rotatable bonds is 19. The predicted molar refractivity (Wildman–Crippen MR) is 192 cm³/mol. The number of amides is 1. The highest BCUT2D eigenvalue weighted by atomic mass is 19.1. The summed E-state index contributed by atoms with van der Waals surface area (Å²) >= 11 is 0. The van der Waals surface area contributed by atoms with Gasteiger partial charge in [0.2, 0.25) is 0 Å². The van der Waals surface area contributed by atoms with Crippen LogP contribution < -0.4 is 5.32 Å². The Hall–Kier alpha value is -4.35. The molecule has 3 aromatic carbocycles. The van der Waals surface area contributed by atoms with E-state index in [0.29, 0.717) is 34.7 Å². The number of hydrogen-bond donors (Lipinski definition) is 4. The molecule has 0 bridgehead atoms. The molecule has 0 aliphatic heterocycles. The van der Waals surface area contributed by atoms with Crippen molar-refractivity contribution in [2.45, 2.75) is 83.6 Å². The summed E-state index contributed by atoms with van der Waals surface area (Å²) in [5.74, 6) is -1.51. The lowest BCUT2D eigenvalue weighted by Gasteiger charge is -2.20. The standard InChI is InChI=1S/C40H49FN2O7/c1-4-5-22-49-25-34(46)26-50-35(47)24-33(45)23-32(44)20-21-43-38(27(2)3)37(40(48)42-31-14-10-7-11-15-31)36(28-12-8-6-9-13-28)39(43)29-16-18-30(41)19-17-29/h6-19,27,32-34,44-46H,4-5,20-26H2,1-3H3,(H,42,48)/t32-,33-,34+/m1/s1. The number of aliphatic hydroxyl groups is 3. The van der Waals surface area contributed by atoms with Crippen LogP contribution in [0.4, 0.5) is 10.1 Å². The Kier molecular flexibility index (Phi) is 14.7. The van der Waals surface area contributed by atoms with Crippen molar-refractivity contribution < 1.29 is 38.8 Å². The Morgan fingerprint density at radius 3 is 2.14 bits per heavy atom. The molecule has 0 fully saturated rings. The average Bonchev–Trinajstić information content (AvgIpc) is 3.45. The topological polar surface area (TPSA) is 130 Å². The number of ether oxygens (including phenoxy) is 2. The van der Waals surface area contributed by atoms with E-state index in [2.05, 4.69) is 5.32 Å². The van der Waals surface area contributed by atoms with Crippen LogP contribution in [0.3, 0.4) is 0 Å². The molecule has 0 saturated carbocycles. The lowest BCUT2D eigenvalue weighted by Crippen LogP contribution is -2.27. The third-order valence-electron chi connectivity index (χ3n) is 8.31. The summed E-state index contributed by atoms with van der Waals surface area (Å²) in [6.45, 7) is 6.60. The van der Waals surface area contributed by atoms with Crippen LogP contribution in [0.2, 0.25) is 0 Å². The number of carbonyl (C=O) groups excluding carboxylic acids is 2. The smallest absolute Gasteiger partial charge is 0.308 e. The predicted octanol–water partition coefficient (Wildman–Crippen LogP) is 6.95. The normalized spacial score (nSPS) is 13.2. The van der Waals surface area contributed by atoms with Crippen molar-refractivity contribution in [2.24, 2.45) is 0 Å². The number of para-hydroxylation sites is 1. The molecule has 1 amide bonds. The third-order valence-corrected chi connectivity index (χ3v) is 8.31. The number of aromatic nitrogens is 1. The van der Waals surface area contributed by atoms with Crippen LogP contribution in [-0.4, -0.2) is 69.9 Å². The highest BCUT2D eigenvalue weighted by Gasteiger charge is 2.31. The molecule has 1 aromatic heterocycles. The lowest BCUT2D eigenvalue weighted by atomic mass is 9.94. The molecule has 268 valence electrons. The van der Waals surface area contributed by atoms with Crippen LogP contribution in [0.25, 0.3) is 22.4 Å². The van der Waals surface area contributed by atoms with E-state index in [4.69, 9.17) is 9.47 Å². The molecule has 10 heteroatoms. The van der Waals surface area contributed by atoms with E-state index in [1.54, 1.807) is 12.1 Å². The summed E-state index contributed by atoms with van der Waals surface area (Å²) in [4.78, 5) is 26.5. The zero-order chi connectivity index (χ0) is 36.0. The molecule has 0 radical (unpaired) electrons. The highest BCUT2D eigenvalue weighted by Crippen LogP contribution is 2.42. The van der Waals surface area contributed by atoms with Gasteiger partial charge in [-0.15, -0.1) is 0 Å². The Morgan fingerprint density at radius 2 is 1.50 bits per heavy atom. The molecule has 0 unspecified atom stereocenters. The van der Waals surface area contributed by atoms with Crippen molar-refractivity contribution in [1.82, 2.24) is 4.57 Å². The summed E-state index contributed by atoms with van der Waals surface area (Å²) in [5.41, 5.74) is 4.74. The number of esters is 1. The van der Waals surface area contributed by atoms with Gasteiger partial charge >= 0.3 is 5.97 Å². The third kappa shape index (κ3) is 10.8. The summed E-state index contributed by atoms with van der Waals surface area (Å²) in [6.07, 6.45) is -1.54. The minimum absolute atomic E-state index is 0.0494. The Labute approximate surface area is 293 Å². The molecule has 4 N–H and O–H groups in total. The van der Waals surface area contributed by atoms with E-state index in [1.165, 1.54) is 12.1 Å². The quantitative estimate of drug-likeness (QED) is 0.0620. The summed E-state index contributed by atoms with van der Waals surface area (Å²) < 4.78 is 26.6. The maximum Gasteiger partial charge on any atom is 0.308 e. The van der Waals surface area contributed by atoms with Crippen LogP contribution in [0.1, 0.15) is 74.8 Å². The molecule has 0 aliphatic carbocycles. The molecule has 9 nitrogen and oxygen atoms in total. The zero-order valence-corrected chi connectivity index (χ0v) is 29.1. The maximum absolute atomic E-state index is 14.2. The number of nitrogens with zero attached hydrogens (tertiary/aromatic N) is 1. The molecule has 0 saturated heterocycles. The van der Waals surface area contributed by atoms with Gasteiger partial charge < -0.3 is 34.7 Å². The van der Waals surface area contributed by atoms with Crippen LogP contribution in [0.5, 0.6) is 0 Å². The fourth-order valence-corrected chi connectivity index (χ4v) is 5.96. The van der Waals surface area contributed by atoms with E-state index in [-0.39, 0.29) is 50.8 Å². The molecule has 50 heavy (non-hydrogen) atoms. The summed E-state index contributed by atoms with van der Waals surface area (Å²) in [5, 5.41) is 34.7. The van der Waals surface area contributed by atoms with E-state index in [0.717, 1.165) is 24.1 Å². The van der Waals surface area contributed by atoms with Gasteiger partial charge in [-0.05, 0) is 72.7 Å². The second-order valence-corrected chi connectivity index (χ2v) is 12.8. The molecule has 4 aromatic rings. The molecule has 3 atom stereocenters. The van der Waals surface area contributed by atoms with Crippen molar-refractivity contribution in [2.75, 3.05) is 25.1 Å². The number of nitrogens with one attached hydrogen (secondary N) is 1. The van der Waals surface area contributed by atoms with Crippen LogP contribution in [-0.2, 0) is 20.8 Å². The van der Waals surface area contributed by atoms with Crippen molar-refractivity contribution >= 4 is 17.6 Å². The minimum atomic E-state index is -1.17. The number of benzene rings is 3. The van der Waals surface area contributed by atoms with Gasteiger partial charge in [0.1, 0.15) is 18.5 Å². The van der Waals surface area contributed by atoms with Gasteiger partial charge in [0.05, 0.1) is 36.5 Å². The SMILES string of the molecule is CCCCOC[C@H](O)COC(=O)C[C@H](O)C[C@H](O)CCn1c(-c2ccc(F)cc2)c(-c2ccccc2)c(C(=O)Nc2ccccc2)c1C(C)C. The molecular formula is C40H49FN2O7. The number of unbranched alkanes of at least 4 members (excludes halogenated alkanes) is 1. The van der Waals surface area contributed by atoms with Crippen LogP contribution in [0.15, 0.2) is 84.9 Å². The molecule has 4 rings (SSSR count). The van der Waals surface area contributed by atoms with Crippen LogP contribution in [0, 0.1) is 5.82 Å². The Morgan fingerprint density at radius 1 is 0.840 bits per heavy atom. The van der Waals surface area contributed by atoms with Crippen molar-refractivity contribution in [1.29, 1.82) is 0 Å². The van der Waals surface area contributed by atoms with E-state index in [1.807, 2.05) is 86.0 Å². The van der Waals surface area contributed by atoms with Crippen LogP contribution >= 0.6 is 0 Å². The zero-order valence-electron chi connectivity index (χ0n) is 29.1. The molecule has 1 heterocycles. The Bertz CT molecular complexity index is 1640. The van der Waals surface area contributed by atoms with E-state index in [9.17, 15) is 29.3 Å². The Balaban J connectivity index is 1.59. The van der Waals surface area contributed by atoms with Gasteiger partial charge in [-0.2, -0.15) is 0 Å². The largest absolute Gasteiger partial charge is 0.463 e. The number of aliphatic hydroxyl groups excluding tert-OH is 3. The molecule has 0 aliphatic rings. The van der Waals surface area contributed by atoms with Gasteiger partial charge in [-0.25, -0.2) is 4.39 Å². The first-order chi connectivity index (χ1) is 24.1. The van der Waals surface area contributed by atoms with E-state index < -0.39 is 30.1 Å². The molecular weight excluding hydrogens is 639 g/mol. The summed E-state index contributed by atoms with van der Waals surface area (Å²) in [7, 11) is 0. The summed E-state index contributed by atoms with van der Waals surface area (Å²) in [6, 6.07) is 24.8. The fraction of sp³-hybridized carbons (Fsp3) is 0.400. The lowest BCUT2D eigenvalue weighted by molar-refractivity contribution is -0.150. The fourth-order valence-electron chi connectivity index (χ4n) is 5.96. The maximum atomic E-state index is 14.2. The van der Waals surface area contributed by atoms with Gasteiger partial charge in [-0.3, -0.25) is 9.59 Å². The second kappa shape index (κ2) is 19.2. The van der Waals surface area contributed by atoms with Crippen molar-refractivity contribution in [3.05, 3.63) is 102 Å². The highest BCUT2D eigenvalue weighted by molar-refractivity contribution is 6.12. The first kappa shape index (κ1) is 38.5. The number of carbonyl (C=O) groups is 2. The second-order valence-electron chi connectivity index (χ2n) is 12.8. The average molecular weight is 689 g/mol. The van der Waals surface area contributed by atoms with Gasteiger partial charge in [0.25, 0.3) is 5.91 Å². The first-order valence-corrected chi connectivity index (χ1v) is 17.3. The van der Waals surface area contributed by atoms with Crippen molar-refractivity contribution in [3.8, 4) is 22.4 Å². The number of halogens is 1. The molecule has 0 spiro atoms. The van der Waals surface area contributed by atoms with E-state index >= 15 is 0 Å². The number of anilines is 1. The minimum Gasteiger partial charge on any atom is -0.463 e. The monoisotopic (exact) mass is 688 g/mol.